The molecule has 0 bridgehead atoms. The van der Waals surface area contributed by atoms with E-state index < -0.39 is 5.82 Å². The van der Waals surface area contributed by atoms with Crippen molar-refractivity contribution in [2.75, 3.05) is 0 Å². The van der Waals surface area contributed by atoms with Crippen LogP contribution >= 0.6 is 11.6 Å². The number of benzene rings is 2. The highest BCUT2D eigenvalue weighted by Gasteiger charge is 2.08. The Kier molecular flexibility index (Phi) is 3.61. The zero-order valence-electron chi connectivity index (χ0n) is 9.45. The average Bonchev–Trinajstić information content (AvgIpc) is 2.38. The Bertz CT molecular complexity index is 632. The molecule has 0 aliphatic rings. The van der Waals surface area contributed by atoms with Gasteiger partial charge in [0, 0.05) is 11.6 Å². The van der Waals surface area contributed by atoms with E-state index >= 15 is 0 Å². The summed E-state index contributed by atoms with van der Waals surface area (Å²) in [6.07, 6.45) is 0. The lowest BCUT2D eigenvalue weighted by Gasteiger charge is -2.09. The quantitative estimate of drug-likeness (QED) is 0.899. The summed E-state index contributed by atoms with van der Waals surface area (Å²) in [7, 11) is 0. The second-order valence-corrected chi connectivity index (χ2v) is 4.28. The third-order valence-corrected chi connectivity index (χ3v) is 2.86. The molecule has 0 aromatic heterocycles. The molecule has 0 fully saturated rings. The molecule has 0 amide bonds. The molecule has 2 aromatic rings. The highest BCUT2D eigenvalue weighted by molar-refractivity contribution is 6.30. The van der Waals surface area contributed by atoms with Gasteiger partial charge in [0.15, 0.2) is 0 Å². The average molecular weight is 261 g/mol. The second kappa shape index (κ2) is 5.18. The van der Waals surface area contributed by atoms with Gasteiger partial charge in [-0.05, 0) is 47.0 Å². The van der Waals surface area contributed by atoms with E-state index in [0.29, 0.717) is 17.1 Å². The minimum absolute atomic E-state index is 0.271. The molecule has 0 saturated heterocycles. The molecule has 90 valence electrons. The molecule has 2 aromatic carbocycles. The lowest BCUT2D eigenvalue weighted by Crippen LogP contribution is -1.99. The van der Waals surface area contributed by atoms with Crippen molar-refractivity contribution in [1.29, 1.82) is 5.26 Å². The van der Waals surface area contributed by atoms with Crippen molar-refractivity contribution in [3.8, 4) is 17.2 Å². The number of hydrogen-bond donors (Lipinski definition) is 1. The molecule has 0 atom stereocenters. The van der Waals surface area contributed by atoms with Crippen molar-refractivity contribution in [1.82, 2.24) is 0 Å². The fraction of sp³-hybridized carbons (Fsp3) is 0.0714. The molecule has 0 heterocycles. The van der Waals surface area contributed by atoms with Crippen LogP contribution in [0.5, 0.6) is 0 Å². The van der Waals surface area contributed by atoms with Crippen molar-refractivity contribution < 1.29 is 4.39 Å². The number of hydrogen-bond acceptors (Lipinski definition) is 2. The molecule has 2 N–H and O–H groups in total. The molecule has 0 saturated carbocycles. The van der Waals surface area contributed by atoms with Crippen LogP contribution in [0.4, 0.5) is 4.39 Å². The van der Waals surface area contributed by atoms with Crippen LogP contribution in [-0.4, -0.2) is 0 Å². The van der Waals surface area contributed by atoms with E-state index in [0.717, 1.165) is 11.1 Å². The van der Waals surface area contributed by atoms with Gasteiger partial charge in [0.05, 0.1) is 11.6 Å². The zero-order chi connectivity index (χ0) is 13.1. The maximum absolute atomic E-state index is 13.4. The van der Waals surface area contributed by atoms with E-state index in [1.807, 2.05) is 6.07 Å². The summed E-state index contributed by atoms with van der Waals surface area (Å²) >= 11 is 5.94. The van der Waals surface area contributed by atoms with Crippen LogP contribution in [0.15, 0.2) is 36.4 Å². The summed E-state index contributed by atoms with van der Waals surface area (Å²) < 4.78 is 13.4. The first-order valence-electron chi connectivity index (χ1n) is 5.33. The maximum Gasteiger partial charge on any atom is 0.125 e. The van der Waals surface area contributed by atoms with Crippen molar-refractivity contribution in [3.63, 3.8) is 0 Å². The maximum atomic E-state index is 13.4. The largest absolute Gasteiger partial charge is 0.326 e. The Morgan fingerprint density at radius 3 is 2.67 bits per heavy atom. The van der Waals surface area contributed by atoms with Crippen LogP contribution < -0.4 is 5.73 Å². The van der Waals surface area contributed by atoms with Gasteiger partial charge in [-0.1, -0.05) is 17.7 Å². The highest BCUT2D eigenvalue weighted by Crippen LogP contribution is 2.28. The predicted molar refractivity (Wildman–Crippen MR) is 69.5 cm³/mol. The van der Waals surface area contributed by atoms with Gasteiger partial charge in [0.25, 0.3) is 0 Å². The SMILES string of the molecule is N#Cc1cc(F)cc(-c2cc(Cl)ccc2CN)c1. The molecule has 18 heavy (non-hydrogen) atoms. The van der Waals surface area contributed by atoms with Gasteiger partial charge in [0.1, 0.15) is 5.82 Å². The van der Waals surface area contributed by atoms with Crippen LogP contribution in [0.25, 0.3) is 11.1 Å². The topological polar surface area (TPSA) is 49.8 Å². The summed E-state index contributed by atoms with van der Waals surface area (Å²) in [5.74, 6) is -0.452. The number of nitrogens with zero attached hydrogens (tertiary/aromatic N) is 1. The molecular weight excluding hydrogens is 251 g/mol. The lowest BCUT2D eigenvalue weighted by atomic mass is 9.98. The fourth-order valence-corrected chi connectivity index (χ4v) is 1.98. The summed E-state index contributed by atoms with van der Waals surface area (Å²) in [4.78, 5) is 0. The fourth-order valence-electron chi connectivity index (χ4n) is 1.81. The highest BCUT2D eigenvalue weighted by atomic mass is 35.5. The molecule has 2 nitrogen and oxygen atoms in total. The minimum Gasteiger partial charge on any atom is -0.326 e. The Balaban J connectivity index is 2.65. The normalized spacial score (nSPS) is 10.1. The molecule has 0 aliphatic heterocycles. The Morgan fingerprint density at radius 1 is 1.22 bits per heavy atom. The first-order chi connectivity index (χ1) is 8.63. The van der Waals surface area contributed by atoms with Crippen LogP contribution in [0.2, 0.25) is 5.02 Å². The Morgan fingerprint density at radius 2 is 2.00 bits per heavy atom. The van der Waals surface area contributed by atoms with Gasteiger partial charge in [-0.3, -0.25) is 0 Å². The van der Waals surface area contributed by atoms with Gasteiger partial charge in [0.2, 0.25) is 0 Å². The van der Waals surface area contributed by atoms with Crippen LogP contribution in [0, 0.1) is 17.1 Å². The molecule has 0 radical (unpaired) electrons. The van der Waals surface area contributed by atoms with Crippen molar-refractivity contribution in [2.24, 2.45) is 5.73 Å². The Labute approximate surface area is 109 Å². The monoisotopic (exact) mass is 260 g/mol. The second-order valence-electron chi connectivity index (χ2n) is 3.85. The van der Waals surface area contributed by atoms with Crippen molar-refractivity contribution >= 4 is 11.6 Å². The summed E-state index contributed by atoms with van der Waals surface area (Å²) in [5.41, 5.74) is 8.13. The first kappa shape index (κ1) is 12.6. The van der Waals surface area contributed by atoms with Gasteiger partial charge in [-0.15, -0.1) is 0 Å². The molecule has 4 heteroatoms. The third-order valence-electron chi connectivity index (χ3n) is 2.63. The lowest BCUT2D eigenvalue weighted by molar-refractivity contribution is 0.628. The standard InChI is InChI=1S/C14H10ClFN2/c15-12-2-1-10(8-18)14(6-12)11-3-9(7-17)4-13(16)5-11/h1-6H,8,18H2. The van der Waals surface area contributed by atoms with Crippen LogP contribution in [0.3, 0.4) is 0 Å². The Hall–Kier alpha value is -1.89. The van der Waals surface area contributed by atoms with E-state index in [9.17, 15) is 4.39 Å². The summed E-state index contributed by atoms with van der Waals surface area (Å²) in [6, 6.07) is 11.4. The molecule has 2 rings (SSSR count). The smallest absolute Gasteiger partial charge is 0.125 e. The summed E-state index contributed by atoms with van der Waals surface area (Å²) in [5, 5.41) is 9.39. The van der Waals surface area contributed by atoms with E-state index in [1.54, 1.807) is 24.3 Å². The molecule has 0 spiro atoms. The van der Waals surface area contributed by atoms with Gasteiger partial charge in [-0.25, -0.2) is 4.39 Å². The van der Waals surface area contributed by atoms with Crippen molar-refractivity contribution in [2.45, 2.75) is 6.54 Å². The van der Waals surface area contributed by atoms with E-state index in [-0.39, 0.29) is 5.56 Å². The number of nitriles is 1. The summed E-state index contributed by atoms with van der Waals surface area (Å²) in [6.45, 7) is 0.324. The zero-order valence-corrected chi connectivity index (χ0v) is 10.2. The predicted octanol–water partition coefficient (Wildman–Crippen LogP) is 3.48. The number of halogens is 2. The minimum atomic E-state index is -0.452. The van der Waals surface area contributed by atoms with E-state index in [2.05, 4.69) is 0 Å². The van der Waals surface area contributed by atoms with E-state index in [4.69, 9.17) is 22.6 Å². The van der Waals surface area contributed by atoms with Crippen LogP contribution in [-0.2, 0) is 6.54 Å². The number of nitrogens with two attached hydrogens (primary N) is 1. The van der Waals surface area contributed by atoms with E-state index in [1.165, 1.54) is 12.1 Å². The third kappa shape index (κ3) is 2.51. The number of rotatable bonds is 2. The van der Waals surface area contributed by atoms with Crippen molar-refractivity contribution in [3.05, 3.63) is 58.4 Å². The molecule has 0 aliphatic carbocycles. The first-order valence-corrected chi connectivity index (χ1v) is 5.71. The molecule has 0 unspecified atom stereocenters. The van der Waals surface area contributed by atoms with Gasteiger partial charge in [-0.2, -0.15) is 5.26 Å². The van der Waals surface area contributed by atoms with Crippen LogP contribution in [0.1, 0.15) is 11.1 Å². The van der Waals surface area contributed by atoms with Gasteiger partial charge >= 0.3 is 0 Å². The van der Waals surface area contributed by atoms with Gasteiger partial charge < -0.3 is 5.73 Å². The molecular formula is C14H10ClFN2.